The third-order valence-electron chi connectivity index (χ3n) is 9.50. The number of fused-ring (bicyclic) bond motifs is 2. The van der Waals surface area contributed by atoms with Gasteiger partial charge in [-0.1, -0.05) is 84.1 Å². The molecule has 4 rings (SSSR count). The van der Waals surface area contributed by atoms with Crippen molar-refractivity contribution in [2.45, 2.75) is 135 Å². The van der Waals surface area contributed by atoms with E-state index in [9.17, 15) is 0 Å². The lowest BCUT2D eigenvalue weighted by Gasteiger charge is -2.42. The second kappa shape index (κ2) is 12.0. The Hall–Kier alpha value is -0.850. The van der Waals surface area contributed by atoms with E-state index < -0.39 is 0 Å². The Morgan fingerprint density at radius 3 is 2.34 bits per heavy atom. The number of unbranched alkanes of at least 4 members (excludes halogenated alkanes) is 5. The summed E-state index contributed by atoms with van der Waals surface area (Å²) in [6.45, 7) is 4.57. The minimum Gasteiger partial charge on any atom is -0.207 e. The molecular weight excluding hydrogens is 391 g/mol. The molecule has 0 heterocycles. The van der Waals surface area contributed by atoms with Crippen molar-refractivity contribution >= 4 is 0 Å². The molecule has 3 aliphatic carbocycles. The molecule has 3 aliphatic rings. The van der Waals surface area contributed by atoms with Crippen molar-refractivity contribution in [3.05, 3.63) is 34.6 Å². The van der Waals surface area contributed by atoms with E-state index in [4.69, 9.17) is 0 Å². The summed E-state index contributed by atoms with van der Waals surface area (Å²) in [5.41, 5.74) is 3.75. The monoisotopic (exact) mass is 440 g/mol. The maximum Gasteiger partial charge on any atom is 0.126 e. The molecule has 0 amide bonds. The normalized spacial score (nSPS) is 30.0. The van der Waals surface area contributed by atoms with Gasteiger partial charge in [-0.05, 0) is 104 Å². The first kappa shape index (κ1) is 24.3. The van der Waals surface area contributed by atoms with Crippen LogP contribution < -0.4 is 0 Å². The fraction of sp³-hybridized carbons (Fsp3) is 0.806. The molecule has 0 N–H and O–H groups in total. The Morgan fingerprint density at radius 2 is 1.50 bits per heavy atom. The Morgan fingerprint density at radius 1 is 0.750 bits per heavy atom. The molecule has 2 saturated carbocycles. The van der Waals surface area contributed by atoms with Crippen LogP contribution in [-0.4, -0.2) is 0 Å². The van der Waals surface area contributed by atoms with Crippen LogP contribution in [0.1, 0.15) is 139 Å². The summed E-state index contributed by atoms with van der Waals surface area (Å²) < 4.78 is 15.2. The zero-order chi connectivity index (χ0) is 22.3. The molecule has 5 atom stereocenters. The molecule has 0 saturated heterocycles. The Labute approximate surface area is 198 Å². The third kappa shape index (κ3) is 6.18. The predicted octanol–water partition coefficient (Wildman–Crippen LogP) is 9.78. The van der Waals surface area contributed by atoms with E-state index in [-0.39, 0.29) is 5.82 Å². The van der Waals surface area contributed by atoms with Crippen molar-refractivity contribution in [2.24, 2.45) is 23.7 Å². The second-order valence-corrected chi connectivity index (χ2v) is 11.8. The second-order valence-electron chi connectivity index (χ2n) is 11.8. The minimum absolute atomic E-state index is 0.118. The van der Waals surface area contributed by atoms with Crippen LogP contribution in [0, 0.1) is 29.5 Å². The number of benzene rings is 1. The third-order valence-corrected chi connectivity index (χ3v) is 9.50. The number of hydrogen-bond acceptors (Lipinski definition) is 0. The Kier molecular flexibility index (Phi) is 9.13. The molecular formula is C31H49F. The Balaban J connectivity index is 1.29. The van der Waals surface area contributed by atoms with Crippen LogP contribution in [-0.2, 0) is 12.8 Å². The lowest BCUT2D eigenvalue weighted by Crippen LogP contribution is -2.30. The van der Waals surface area contributed by atoms with E-state index in [2.05, 4.69) is 19.9 Å². The first-order chi connectivity index (χ1) is 15.7. The first-order valence-corrected chi connectivity index (χ1v) is 14.5. The highest BCUT2D eigenvalue weighted by Crippen LogP contribution is 2.49. The van der Waals surface area contributed by atoms with Crippen LogP contribution in [0.25, 0.3) is 0 Å². The van der Waals surface area contributed by atoms with Crippen LogP contribution >= 0.6 is 0 Å². The van der Waals surface area contributed by atoms with Gasteiger partial charge in [0, 0.05) is 0 Å². The van der Waals surface area contributed by atoms with E-state index in [1.54, 1.807) is 0 Å². The lowest BCUT2D eigenvalue weighted by molar-refractivity contribution is 0.113. The van der Waals surface area contributed by atoms with Crippen LogP contribution in [0.4, 0.5) is 4.39 Å². The summed E-state index contributed by atoms with van der Waals surface area (Å²) >= 11 is 0. The van der Waals surface area contributed by atoms with Gasteiger partial charge in [0.05, 0.1) is 0 Å². The molecule has 0 bridgehead atoms. The van der Waals surface area contributed by atoms with E-state index in [0.717, 1.165) is 36.2 Å². The van der Waals surface area contributed by atoms with Gasteiger partial charge in [0.1, 0.15) is 5.82 Å². The number of aryl methyl sites for hydroxylation is 1. The van der Waals surface area contributed by atoms with E-state index in [0.29, 0.717) is 11.8 Å². The molecule has 1 heteroatoms. The van der Waals surface area contributed by atoms with Crippen molar-refractivity contribution in [1.29, 1.82) is 0 Å². The smallest absolute Gasteiger partial charge is 0.126 e. The quantitative estimate of drug-likeness (QED) is 0.317. The summed E-state index contributed by atoms with van der Waals surface area (Å²) in [6, 6.07) is 4.38. The molecule has 0 aliphatic heterocycles. The van der Waals surface area contributed by atoms with Gasteiger partial charge in [0.15, 0.2) is 0 Å². The maximum absolute atomic E-state index is 15.2. The molecule has 32 heavy (non-hydrogen) atoms. The fourth-order valence-corrected chi connectivity index (χ4v) is 7.48. The van der Waals surface area contributed by atoms with Crippen molar-refractivity contribution in [3.63, 3.8) is 0 Å². The van der Waals surface area contributed by atoms with Crippen molar-refractivity contribution in [2.75, 3.05) is 0 Å². The number of hydrogen-bond donors (Lipinski definition) is 0. The van der Waals surface area contributed by atoms with E-state index in [1.807, 2.05) is 6.07 Å². The van der Waals surface area contributed by atoms with Gasteiger partial charge in [-0.15, -0.1) is 0 Å². The summed E-state index contributed by atoms with van der Waals surface area (Å²) in [5, 5.41) is 0. The topological polar surface area (TPSA) is 0 Å². The van der Waals surface area contributed by atoms with Crippen LogP contribution in [0.3, 0.4) is 0 Å². The zero-order valence-corrected chi connectivity index (χ0v) is 21.1. The van der Waals surface area contributed by atoms with Crippen molar-refractivity contribution in [1.82, 2.24) is 0 Å². The van der Waals surface area contributed by atoms with Crippen molar-refractivity contribution < 1.29 is 4.39 Å². The first-order valence-electron chi connectivity index (χ1n) is 14.5. The minimum atomic E-state index is 0.118. The molecule has 0 spiro atoms. The van der Waals surface area contributed by atoms with Gasteiger partial charge < -0.3 is 0 Å². The van der Waals surface area contributed by atoms with Crippen LogP contribution in [0.15, 0.2) is 12.1 Å². The SMILES string of the molecule is CCCCCCCC1CCC2CC(c3cc(F)c4c(c3)CCC(CCCC)C4)CCC2C1. The summed E-state index contributed by atoms with van der Waals surface area (Å²) in [5.74, 6) is 4.30. The van der Waals surface area contributed by atoms with Gasteiger partial charge >= 0.3 is 0 Å². The molecule has 2 fully saturated rings. The molecule has 0 radical (unpaired) electrons. The number of halogens is 1. The van der Waals surface area contributed by atoms with E-state index in [1.165, 1.54) is 114 Å². The summed E-state index contributed by atoms with van der Waals surface area (Å²) in [6.07, 6.45) is 24.2. The van der Waals surface area contributed by atoms with Crippen molar-refractivity contribution in [3.8, 4) is 0 Å². The molecule has 5 unspecified atom stereocenters. The summed E-state index contributed by atoms with van der Waals surface area (Å²) in [4.78, 5) is 0. The van der Waals surface area contributed by atoms with Gasteiger partial charge in [0.2, 0.25) is 0 Å². The highest BCUT2D eigenvalue weighted by molar-refractivity contribution is 5.37. The summed E-state index contributed by atoms with van der Waals surface area (Å²) in [7, 11) is 0. The van der Waals surface area contributed by atoms with Crippen LogP contribution in [0.5, 0.6) is 0 Å². The molecule has 180 valence electrons. The molecule has 0 nitrogen and oxygen atoms in total. The van der Waals surface area contributed by atoms with Gasteiger partial charge in [-0.3, -0.25) is 0 Å². The molecule has 0 aromatic heterocycles. The standard InChI is InChI=1S/C31H49F/c1-3-5-7-8-9-11-23-12-14-26-20-27(17-16-25(26)18-23)29-21-28-15-13-24(10-6-4-2)19-30(28)31(32)22-29/h21-27H,3-20H2,1-2H3. The fourth-order valence-electron chi connectivity index (χ4n) is 7.48. The van der Waals surface area contributed by atoms with Gasteiger partial charge in [0.25, 0.3) is 0 Å². The average Bonchev–Trinajstić information content (AvgIpc) is 2.82. The Bertz CT molecular complexity index is 707. The lowest BCUT2D eigenvalue weighted by atomic mass is 9.63. The van der Waals surface area contributed by atoms with Gasteiger partial charge in [-0.2, -0.15) is 0 Å². The van der Waals surface area contributed by atoms with E-state index >= 15 is 4.39 Å². The molecule has 1 aromatic carbocycles. The van der Waals surface area contributed by atoms with Gasteiger partial charge in [-0.25, -0.2) is 4.39 Å². The largest absolute Gasteiger partial charge is 0.207 e. The predicted molar refractivity (Wildman–Crippen MR) is 136 cm³/mol. The highest BCUT2D eigenvalue weighted by Gasteiger charge is 2.36. The van der Waals surface area contributed by atoms with Crippen LogP contribution in [0.2, 0.25) is 0 Å². The zero-order valence-electron chi connectivity index (χ0n) is 21.1. The average molecular weight is 441 g/mol. The maximum atomic E-state index is 15.2. The number of rotatable bonds is 10. The highest BCUT2D eigenvalue weighted by atomic mass is 19.1. The molecule has 1 aromatic rings.